The summed E-state index contributed by atoms with van der Waals surface area (Å²) < 4.78 is 7.06. The van der Waals surface area contributed by atoms with Crippen LogP contribution in [-0.4, -0.2) is 6.61 Å². The summed E-state index contributed by atoms with van der Waals surface area (Å²) >= 11 is 2.14. The molecule has 0 heterocycles. The predicted octanol–water partition coefficient (Wildman–Crippen LogP) is 3.15. The Labute approximate surface area is 86.6 Å². The van der Waals surface area contributed by atoms with Gasteiger partial charge in [0, 0.05) is 10.5 Å². The molecule has 1 aromatic carbocycles. The molecule has 12 heavy (non-hydrogen) atoms. The molecule has 1 rings (SSSR count). The molecule has 1 aromatic rings. The zero-order valence-electron chi connectivity index (χ0n) is 6.74. The third-order valence-electron chi connectivity index (χ3n) is 1.50. The molecule has 0 saturated carbocycles. The van der Waals surface area contributed by atoms with E-state index in [1.165, 1.54) is 5.56 Å². The lowest BCUT2D eigenvalue weighted by atomic mass is 10.2. The fraction of sp³-hybridized carbons (Fsp3) is 0.200. The van der Waals surface area contributed by atoms with Crippen LogP contribution in [0.3, 0.4) is 0 Å². The highest BCUT2D eigenvalue weighted by Gasteiger charge is 1.88. The van der Waals surface area contributed by atoms with Gasteiger partial charge < -0.3 is 4.74 Å². The van der Waals surface area contributed by atoms with Gasteiger partial charge in [-0.2, -0.15) is 0 Å². The molecule has 0 amide bonds. The third kappa shape index (κ3) is 3.76. The minimum atomic E-state index is 0.753. The second-order valence-corrected chi connectivity index (χ2v) is 3.09. The molecule has 0 bridgehead atoms. The summed E-state index contributed by atoms with van der Waals surface area (Å²) in [6, 6.07) is 10.3. The molecular weight excluding hydrogens is 263 g/mol. The quantitative estimate of drug-likeness (QED) is 0.465. The maximum absolute atomic E-state index is 5.20. The lowest BCUT2D eigenvalue weighted by Crippen LogP contribution is -1.92. The molecule has 0 spiro atoms. The van der Waals surface area contributed by atoms with Crippen LogP contribution in [0.4, 0.5) is 0 Å². The Hall–Kier alpha value is -0.510. The molecule has 2 heteroatoms. The second kappa shape index (κ2) is 6.06. The number of halogens is 1. The molecule has 0 atom stereocenters. The van der Waals surface area contributed by atoms with Gasteiger partial charge in [0.1, 0.15) is 0 Å². The smallest absolute Gasteiger partial charge is 0.0913 e. The van der Waals surface area contributed by atoms with Gasteiger partial charge in [0.05, 0.1) is 12.9 Å². The summed E-state index contributed by atoms with van der Waals surface area (Å²) in [5.41, 5.74) is 1.32. The number of hydrogen-bond acceptors (Lipinski definition) is 1. The van der Waals surface area contributed by atoms with E-state index in [1.807, 2.05) is 22.3 Å². The standard InChI is InChI=1S/C10H11IO/c11-7-9-12-8-6-10-4-2-1-3-5-10/h1-5,7,9H,6,8H2/b9-7+. The van der Waals surface area contributed by atoms with Crippen LogP contribution in [-0.2, 0) is 11.2 Å². The maximum atomic E-state index is 5.20. The van der Waals surface area contributed by atoms with Crippen molar-refractivity contribution in [2.45, 2.75) is 6.42 Å². The Bertz CT molecular complexity index is 231. The molecule has 0 saturated heterocycles. The zero-order valence-corrected chi connectivity index (χ0v) is 8.90. The highest BCUT2D eigenvalue weighted by Crippen LogP contribution is 1.99. The molecule has 0 N–H and O–H groups in total. The van der Waals surface area contributed by atoms with Gasteiger partial charge in [-0.1, -0.05) is 30.3 Å². The molecule has 0 aromatic heterocycles. The first-order valence-corrected chi connectivity index (χ1v) is 5.09. The molecule has 64 valence electrons. The average Bonchev–Trinajstić information content (AvgIpc) is 2.14. The van der Waals surface area contributed by atoms with Crippen LogP contribution in [0.25, 0.3) is 0 Å². The van der Waals surface area contributed by atoms with Gasteiger partial charge in [-0.25, -0.2) is 0 Å². The topological polar surface area (TPSA) is 9.23 Å². The Balaban J connectivity index is 2.24. The van der Waals surface area contributed by atoms with Crippen LogP contribution in [0.1, 0.15) is 5.56 Å². The zero-order chi connectivity index (χ0) is 8.65. The van der Waals surface area contributed by atoms with Crippen molar-refractivity contribution in [2.75, 3.05) is 6.61 Å². The summed E-state index contributed by atoms with van der Waals surface area (Å²) in [7, 11) is 0. The van der Waals surface area contributed by atoms with Gasteiger partial charge >= 0.3 is 0 Å². The summed E-state index contributed by atoms with van der Waals surface area (Å²) in [5, 5.41) is 0. The van der Waals surface area contributed by atoms with E-state index in [-0.39, 0.29) is 0 Å². The van der Waals surface area contributed by atoms with Gasteiger partial charge in [-0.15, -0.1) is 0 Å². The van der Waals surface area contributed by atoms with Crippen LogP contribution in [0, 0.1) is 0 Å². The molecule has 0 radical (unpaired) electrons. The first-order valence-electron chi connectivity index (χ1n) is 3.84. The van der Waals surface area contributed by atoms with Gasteiger partial charge in [-0.3, -0.25) is 0 Å². The minimum Gasteiger partial charge on any atom is -0.500 e. The van der Waals surface area contributed by atoms with Crippen molar-refractivity contribution >= 4 is 22.6 Å². The molecule has 0 unspecified atom stereocenters. The highest BCUT2D eigenvalue weighted by atomic mass is 127. The Morgan fingerprint density at radius 3 is 2.67 bits per heavy atom. The fourth-order valence-electron chi connectivity index (χ4n) is 0.926. The molecule has 0 fully saturated rings. The number of ether oxygens (including phenoxy) is 1. The monoisotopic (exact) mass is 274 g/mol. The number of rotatable bonds is 4. The van der Waals surface area contributed by atoms with Crippen molar-refractivity contribution in [2.24, 2.45) is 0 Å². The van der Waals surface area contributed by atoms with Crippen LogP contribution < -0.4 is 0 Å². The first-order chi connectivity index (χ1) is 5.93. The highest BCUT2D eigenvalue weighted by molar-refractivity contribution is 14.1. The van der Waals surface area contributed by atoms with E-state index in [4.69, 9.17) is 4.74 Å². The molecule has 1 nitrogen and oxygen atoms in total. The van der Waals surface area contributed by atoms with Gasteiger partial charge in [-0.05, 0) is 28.2 Å². The van der Waals surface area contributed by atoms with Crippen LogP contribution >= 0.6 is 22.6 Å². The SMILES string of the molecule is I/C=C/OCCc1ccccc1. The Morgan fingerprint density at radius 1 is 1.25 bits per heavy atom. The summed E-state index contributed by atoms with van der Waals surface area (Å²) in [4.78, 5) is 0. The van der Waals surface area contributed by atoms with Crippen molar-refractivity contribution in [1.29, 1.82) is 0 Å². The summed E-state index contributed by atoms with van der Waals surface area (Å²) in [6.45, 7) is 0.753. The predicted molar refractivity (Wildman–Crippen MR) is 59.3 cm³/mol. The van der Waals surface area contributed by atoms with Gasteiger partial charge in [0.15, 0.2) is 0 Å². The molecule has 0 aliphatic heterocycles. The van der Waals surface area contributed by atoms with E-state index in [9.17, 15) is 0 Å². The minimum absolute atomic E-state index is 0.753. The number of benzene rings is 1. The van der Waals surface area contributed by atoms with Crippen molar-refractivity contribution in [3.8, 4) is 0 Å². The van der Waals surface area contributed by atoms with Gasteiger partial charge in [0.25, 0.3) is 0 Å². The Morgan fingerprint density at radius 2 is 2.00 bits per heavy atom. The summed E-state index contributed by atoms with van der Waals surface area (Å²) in [6.07, 6.45) is 2.69. The lowest BCUT2D eigenvalue weighted by Gasteiger charge is -1.99. The Kier molecular flexibility index (Phi) is 4.83. The van der Waals surface area contributed by atoms with Crippen molar-refractivity contribution in [1.82, 2.24) is 0 Å². The van der Waals surface area contributed by atoms with E-state index in [0.29, 0.717) is 0 Å². The first kappa shape index (κ1) is 9.58. The van der Waals surface area contributed by atoms with Crippen LogP contribution in [0.5, 0.6) is 0 Å². The van der Waals surface area contributed by atoms with Crippen molar-refractivity contribution in [3.05, 3.63) is 46.2 Å². The maximum Gasteiger partial charge on any atom is 0.0913 e. The molecule has 0 aliphatic carbocycles. The second-order valence-electron chi connectivity index (χ2n) is 2.37. The third-order valence-corrected chi connectivity index (χ3v) is 1.79. The average molecular weight is 274 g/mol. The normalized spacial score (nSPS) is 10.4. The van der Waals surface area contributed by atoms with E-state index in [0.717, 1.165) is 13.0 Å². The lowest BCUT2D eigenvalue weighted by molar-refractivity contribution is 0.254. The van der Waals surface area contributed by atoms with Crippen molar-refractivity contribution in [3.63, 3.8) is 0 Å². The van der Waals surface area contributed by atoms with E-state index in [2.05, 4.69) is 34.7 Å². The largest absolute Gasteiger partial charge is 0.500 e. The van der Waals surface area contributed by atoms with Gasteiger partial charge in [0.2, 0.25) is 0 Å². The molecule has 0 aliphatic rings. The van der Waals surface area contributed by atoms with E-state index >= 15 is 0 Å². The van der Waals surface area contributed by atoms with Crippen molar-refractivity contribution < 1.29 is 4.74 Å². The van der Waals surface area contributed by atoms with Crippen LogP contribution in [0.2, 0.25) is 0 Å². The number of hydrogen-bond donors (Lipinski definition) is 0. The van der Waals surface area contributed by atoms with Crippen LogP contribution in [0.15, 0.2) is 40.7 Å². The van der Waals surface area contributed by atoms with E-state index in [1.54, 1.807) is 6.26 Å². The summed E-state index contributed by atoms with van der Waals surface area (Å²) in [5.74, 6) is 0. The molecular formula is C10H11IO. The fourth-order valence-corrected chi connectivity index (χ4v) is 1.13. The van der Waals surface area contributed by atoms with E-state index < -0.39 is 0 Å².